The predicted octanol–water partition coefficient (Wildman–Crippen LogP) is 2.96. The molecule has 3 unspecified atom stereocenters. The largest absolute Gasteiger partial charge is 0.493 e. The van der Waals surface area contributed by atoms with Crippen molar-refractivity contribution in [1.82, 2.24) is 5.32 Å². The Morgan fingerprint density at radius 2 is 2.21 bits per heavy atom. The summed E-state index contributed by atoms with van der Waals surface area (Å²) in [6.07, 6.45) is 3.51. The van der Waals surface area contributed by atoms with Gasteiger partial charge in [-0.2, -0.15) is 0 Å². The van der Waals surface area contributed by atoms with Crippen LogP contribution in [0.25, 0.3) is 0 Å². The standard InChI is InChI=1S/C16H25NO2/c1-4-15(18-3)14(17-2)11-12-9-10-19-16-8-6-5-7-13(12)16/h5-8,12,14-15,17H,4,9-11H2,1-3H3. The molecule has 19 heavy (non-hydrogen) atoms. The maximum Gasteiger partial charge on any atom is 0.122 e. The molecule has 3 heteroatoms. The minimum Gasteiger partial charge on any atom is -0.493 e. The average molecular weight is 263 g/mol. The van der Waals surface area contributed by atoms with Crippen LogP contribution >= 0.6 is 0 Å². The highest BCUT2D eigenvalue weighted by atomic mass is 16.5. The molecule has 0 fully saturated rings. The molecule has 0 saturated heterocycles. The smallest absolute Gasteiger partial charge is 0.122 e. The summed E-state index contributed by atoms with van der Waals surface area (Å²) < 4.78 is 11.3. The number of hydrogen-bond donors (Lipinski definition) is 1. The molecule has 1 N–H and O–H groups in total. The third kappa shape index (κ3) is 3.28. The Balaban J connectivity index is 2.10. The molecule has 0 bridgehead atoms. The summed E-state index contributed by atoms with van der Waals surface area (Å²) in [4.78, 5) is 0. The van der Waals surface area contributed by atoms with Crippen LogP contribution in [0.15, 0.2) is 24.3 Å². The van der Waals surface area contributed by atoms with Gasteiger partial charge < -0.3 is 14.8 Å². The Morgan fingerprint density at radius 3 is 2.89 bits per heavy atom. The monoisotopic (exact) mass is 263 g/mol. The predicted molar refractivity (Wildman–Crippen MR) is 77.8 cm³/mol. The number of fused-ring (bicyclic) bond motifs is 1. The molecule has 0 saturated carbocycles. The summed E-state index contributed by atoms with van der Waals surface area (Å²) in [7, 11) is 3.83. The highest BCUT2D eigenvalue weighted by Gasteiger charge is 2.27. The lowest BCUT2D eigenvalue weighted by Crippen LogP contribution is -2.40. The van der Waals surface area contributed by atoms with E-state index >= 15 is 0 Å². The van der Waals surface area contributed by atoms with Gasteiger partial charge in [-0.15, -0.1) is 0 Å². The molecule has 0 spiro atoms. The summed E-state index contributed by atoms with van der Waals surface area (Å²) in [5, 5.41) is 3.42. The number of hydrogen-bond acceptors (Lipinski definition) is 3. The summed E-state index contributed by atoms with van der Waals surface area (Å²) >= 11 is 0. The number of likely N-dealkylation sites (N-methyl/N-ethyl adjacent to an activating group) is 1. The van der Waals surface area contributed by atoms with Crippen molar-refractivity contribution in [2.75, 3.05) is 20.8 Å². The van der Waals surface area contributed by atoms with Crippen molar-refractivity contribution in [1.29, 1.82) is 0 Å². The van der Waals surface area contributed by atoms with Gasteiger partial charge in [-0.3, -0.25) is 0 Å². The Hall–Kier alpha value is -1.06. The van der Waals surface area contributed by atoms with E-state index in [9.17, 15) is 0 Å². The molecule has 106 valence electrons. The van der Waals surface area contributed by atoms with E-state index in [1.807, 2.05) is 13.1 Å². The van der Waals surface area contributed by atoms with Crippen LogP contribution in [0.5, 0.6) is 5.75 Å². The van der Waals surface area contributed by atoms with Gasteiger partial charge >= 0.3 is 0 Å². The SMILES string of the molecule is CCC(OC)C(CC1CCOc2ccccc21)NC. The molecule has 1 aliphatic heterocycles. The quantitative estimate of drug-likeness (QED) is 0.856. The summed E-state index contributed by atoms with van der Waals surface area (Å²) in [5.41, 5.74) is 1.35. The van der Waals surface area contributed by atoms with Crippen LogP contribution in [0.1, 0.15) is 37.7 Å². The van der Waals surface area contributed by atoms with Crippen molar-refractivity contribution in [3.05, 3.63) is 29.8 Å². The molecule has 0 radical (unpaired) electrons. The van der Waals surface area contributed by atoms with Crippen LogP contribution in [-0.2, 0) is 4.74 Å². The Labute approximate surface area is 116 Å². The van der Waals surface area contributed by atoms with Gasteiger partial charge in [-0.25, -0.2) is 0 Å². The summed E-state index contributed by atoms with van der Waals surface area (Å²) in [6, 6.07) is 8.80. The second kappa shape index (κ2) is 6.92. The van der Waals surface area contributed by atoms with E-state index in [1.54, 1.807) is 7.11 Å². The number of methoxy groups -OCH3 is 1. The lowest BCUT2D eigenvalue weighted by Gasteiger charge is -2.32. The van der Waals surface area contributed by atoms with Crippen LogP contribution in [0, 0.1) is 0 Å². The third-order valence-electron chi connectivity index (χ3n) is 4.15. The zero-order valence-corrected chi connectivity index (χ0v) is 12.2. The van der Waals surface area contributed by atoms with E-state index in [1.165, 1.54) is 5.56 Å². The fraction of sp³-hybridized carbons (Fsp3) is 0.625. The minimum atomic E-state index is 0.278. The molecule has 1 heterocycles. The van der Waals surface area contributed by atoms with Crippen LogP contribution in [-0.4, -0.2) is 32.9 Å². The number of rotatable bonds is 6. The van der Waals surface area contributed by atoms with E-state index in [2.05, 4.69) is 30.4 Å². The highest BCUT2D eigenvalue weighted by Crippen LogP contribution is 2.36. The van der Waals surface area contributed by atoms with Gasteiger partial charge in [0.25, 0.3) is 0 Å². The van der Waals surface area contributed by atoms with Crippen molar-refractivity contribution >= 4 is 0 Å². The van der Waals surface area contributed by atoms with E-state index in [-0.39, 0.29) is 6.10 Å². The topological polar surface area (TPSA) is 30.5 Å². The molecular formula is C16H25NO2. The molecule has 0 aliphatic carbocycles. The van der Waals surface area contributed by atoms with Gasteiger partial charge in [0.05, 0.1) is 12.7 Å². The molecule has 3 nitrogen and oxygen atoms in total. The van der Waals surface area contributed by atoms with Crippen molar-refractivity contribution in [2.45, 2.75) is 44.2 Å². The first kappa shape index (κ1) is 14.4. The molecule has 0 amide bonds. The number of ether oxygens (including phenoxy) is 2. The van der Waals surface area contributed by atoms with E-state index < -0.39 is 0 Å². The highest BCUT2D eigenvalue weighted by molar-refractivity contribution is 5.37. The van der Waals surface area contributed by atoms with Crippen LogP contribution < -0.4 is 10.1 Å². The van der Waals surface area contributed by atoms with E-state index in [0.717, 1.165) is 31.6 Å². The number of para-hydroxylation sites is 1. The number of nitrogens with one attached hydrogen (secondary N) is 1. The van der Waals surface area contributed by atoms with Crippen molar-refractivity contribution in [3.8, 4) is 5.75 Å². The van der Waals surface area contributed by atoms with Crippen molar-refractivity contribution in [2.24, 2.45) is 0 Å². The second-order valence-electron chi connectivity index (χ2n) is 5.19. The average Bonchev–Trinajstić information content (AvgIpc) is 2.47. The fourth-order valence-corrected chi connectivity index (χ4v) is 3.04. The molecule has 1 aliphatic rings. The Morgan fingerprint density at radius 1 is 1.42 bits per heavy atom. The van der Waals surface area contributed by atoms with Crippen LogP contribution in [0.2, 0.25) is 0 Å². The molecule has 1 aromatic carbocycles. The molecule has 2 rings (SSSR count). The molecule has 3 atom stereocenters. The Bertz CT molecular complexity index is 390. The van der Waals surface area contributed by atoms with E-state index in [4.69, 9.17) is 9.47 Å². The molecule has 1 aromatic rings. The third-order valence-corrected chi connectivity index (χ3v) is 4.15. The van der Waals surface area contributed by atoms with Gasteiger partial charge in [0.15, 0.2) is 0 Å². The van der Waals surface area contributed by atoms with E-state index in [0.29, 0.717) is 12.0 Å². The first-order chi connectivity index (χ1) is 9.30. The number of benzene rings is 1. The molecule has 0 aromatic heterocycles. The van der Waals surface area contributed by atoms with Crippen LogP contribution in [0.4, 0.5) is 0 Å². The first-order valence-electron chi connectivity index (χ1n) is 7.21. The normalized spacial score (nSPS) is 21.3. The zero-order valence-electron chi connectivity index (χ0n) is 12.2. The van der Waals surface area contributed by atoms with Gasteiger partial charge in [0.1, 0.15) is 5.75 Å². The summed E-state index contributed by atoms with van der Waals surface area (Å²) in [6.45, 7) is 3.00. The lowest BCUT2D eigenvalue weighted by molar-refractivity contribution is 0.0608. The summed E-state index contributed by atoms with van der Waals surface area (Å²) in [5.74, 6) is 1.62. The maximum atomic E-state index is 5.73. The first-order valence-corrected chi connectivity index (χ1v) is 7.21. The van der Waals surface area contributed by atoms with Crippen molar-refractivity contribution in [3.63, 3.8) is 0 Å². The van der Waals surface area contributed by atoms with Gasteiger partial charge in [-0.05, 0) is 43.9 Å². The minimum absolute atomic E-state index is 0.278. The van der Waals surface area contributed by atoms with Gasteiger partial charge in [-0.1, -0.05) is 25.1 Å². The molecular weight excluding hydrogens is 238 g/mol. The van der Waals surface area contributed by atoms with Gasteiger partial charge in [0, 0.05) is 13.2 Å². The van der Waals surface area contributed by atoms with Crippen LogP contribution in [0.3, 0.4) is 0 Å². The Kier molecular flexibility index (Phi) is 5.23. The van der Waals surface area contributed by atoms with Crippen molar-refractivity contribution < 1.29 is 9.47 Å². The maximum absolute atomic E-state index is 5.73. The lowest BCUT2D eigenvalue weighted by atomic mass is 9.85. The van der Waals surface area contributed by atoms with Gasteiger partial charge in [0.2, 0.25) is 0 Å². The zero-order chi connectivity index (χ0) is 13.7. The fourth-order valence-electron chi connectivity index (χ4n) is 3.04. The second-order valence-corrected chi connectivity index (χ2v) is 5.19.